The Kier molecular flexibility index (Phi) is 4.36. The average molecular weight is 413 g/mol. The van der Waals surface area contributed by atoms with Gasteiger partial charge in [-0.3, -0.25) is 4.79 Å². The zero-order chi connectivity index (χ0) is 21.7. The van der Waals surface area contributed by atoms with Crippen molar-refractivity contribution in [3.05, 3.63) is 99.0 Å². The Bertz CT molecular complexity index is 1390. The highest BCUT2D eigenvalue weighted by Gasteiger charge is 2.50. The number of fused-ring (bicyclic) bond motifs is 2. The third-order valence-corrected chi connectivity index (χ3v) is 5.85. The minimum absolute atomic E-state index is 0.0748. The van der Waals surface area contributed by atoms with Crippen molar-refractivity contribution >= 4 is 22.7 Å². The molecule has 1 N–H and O–H groups in total. The number of amides is 1. The fourth-order valence-electron chi connectivity index (χ4n) is 4.14. The summed E-state index contributed by atoms with van der Waals surface area (Å²) < 4.78 is 11.4. The maximum Gasteiger partial charge on any atom is 0.378 e. The van der Waals surface area contributed by atoms with Gasteiger partial charge in [-0.2, -0.15) is 4.90 Å². The number of nitrogens with one attached hydrogen (secondary N) is 1. The van der Waals surface area contributed by atoms with Gasteiger partial charge in [0, 0.05) is 11.6 Å². The first kappa shape index (κ1) is 19.1. The van der Waals surface area contributed by atoms with Gasteiger partial charge in [-0.1, -0.05) is 18.2 Å². The van der Waals surface area contributed by atoms with Crippen molar-refractivity contribution in [1.82, 2.24) is 0 Å². The van der Waals surface area contributed by atoms with Gasteiger partial charge in [0.25, 0.3) is 5.82 Å². The lowest BCUT2D eigenvalue weighted by Crippen LogP contribution is -2.33. The summed E-state index contributed by atoms with van der Waals surface area (Å²) in [7, 11) is 1.59. The number of benzene rings is 2. The molecule has 154 valence electrons. The highest BCUT2D eigenvalue weighted by Crippen LogP contribution is 2.40. The predicted molar refractivity (Wildman–Crippen MR) is 117 cm³/mol. The van der Waals surface area contributed by atoms with Crippen LogP contribution in [0.1, 0.15) is 38.9 Å². The molecule has 0 radical (unpaired) electrons. The topological polar surface area (TPSA) is 73.9 Å². The van der Waals surface area contributed by atoms with Crippen LogP contribution in [0.25, 0.3) is 11.0 Å². The molecule has 1 amide bonds. The van der Waals surface area contributed by atoms with Crippen molar-refractivity contribution in [2.24, 2.45) is 0 Å². The summed E-state index contributed by atoms with van der Waals surface area (Å²) in [5.74, 6) is 0.933. The quantitative estimate of drug-likeness (QED) is 0.509. The number of H-pyrrole nitrogens is 1. The van der Waals surface area contributed by atoms with Gasteiger partial charge in [0.05, 0.1) is 18.7 Å². The second-order valence-corrected chi connectivity index (χ2v) is 7.71. The maximum atomic E-state index is 13.7. The Hall–Kier alpha value is -3.93. The van der Waals surface area contributed by atoms with E-state index in [-0.39, 0.29) is 17.1 Å². The summed E-state index contributed by atoms with van der Waals surface area (Å²) in [5, 5.41) is 0.474. The molecule has 5 rings (SSSR count). The van der Waals surface area contributed by atoms with Gasteiger partial charge >= 0.3 is 5.91 Å². The number of anilines is 1. The number of carbonyl (C=O) groups is 1. The number of methoxy groups -OCH3 is 1. The highest BCUT2D eigenvalue weighted by molar-refractivity contribution is 6.09. The van der Waals surface area contributed by atoms with Crippen LogP contribution in [0.5, 0.6) is 5.75 Å². The van der Waals surface area contributed by atoms with Gasteiger partial charge in [0.1, 0.15) is 16.9 Å². The Balaban J connectivity index is 1.83. The molecule has 0 aliphatic carbocycles. The number of hydrogen-bond donors (Lipinski definition) is 0. The van der Waals surface area contributed by atoms with Gasteiger partial charge in [-0.05, 0) is 55.3 Å². The first-order valence-corrected chi connectivity index (χ1v) is 10.0. The minimum atomic E-state index is -0.640. The van der Waals surface area contributed by atoms with Crippen molar-refractivity contribution in [3.8, 4) is 5.75 Å². The summed E-state index contributed by atoms with van der Waals surface area (Å²) in [4.78, 5) is 31.9. The molecule has 3 heterocycles. The fraction of sp³-hybridized carbons (Fsp3) is 0.160. The number of hydrogen-bond acceptors (Lipinski definition) is 4. The van der Waals surface area contributed by atoms with E-state index in [1.54, 1.807) is 24.3 Å². The molecule has 0 saturated carbocycles. The van der Waals surface area contributed by atoms with Crippen molar-refractivity contribution in [3.63, 3.8) is 0 Å². The zero-order valence-electron chi connectivity index (χ0n) is 17.4. The third-order valence-electron chi connectivity index (χ3n) is 5.85. The SMILES string of the molecule is COc1cccc(C2c3c(oc4cc(C)c(C)cc4c3=O)C(=O)N2c2cccc[nH+]2)c1. The van der Waals surface area contributed by atoms with Gasteiger partial charge in [-0.25, -0.2) is 9.78 Å². The van der Waals surface area contributed by atoms with Gasteiger partial charge < -0.3 is 9.15 Å². The number of ether oxygens (including phenoxy) is 1. The molecule has 1 aliphatic rings. The summed E-state index contributed by atoms with van der Waals surface area (Å²) in [6, 6.07) is 15.9. The van der Waals surface area contributed by atoms with E-state index in [9.17, 15) is 9.59 Å². The van der Waals surface area contributed by atoms with Crippen LogP contribution >= 0.6 is 0 Å². The lowest BCUT2D eigenvalue weighted by Gasteiger charge is -2.18. The third kappa shape index (κ3) is 2.91. The number of aromatic nitrogens is 1. The van der Waals surface area contributed by atoms with E-state index >= 15 is 0 Å². The number of rotatable bonds is 3. The molecule has 0 bridgehead atoms. The number of nitrogens with zero attached hydrogens (tertiary/aromatic N) is 1. The Labute approximate surface area is 178 Å². The monoisotopic (exact) mass is 413 g/mol. The number of carbonyl (C=O) groups excluding carboxylic acids is 1. The molecule has 1 atom stereocenters. The molecule has 31 heavy (non-hydrogen) atoms. The van der Waals surface area contributed by atoms with Gasteiger partial charge in [-0.15, -0.1) is 0 Å². The molecule has 0 spiro atoms. The van der Waals surface area contributed by atoms with Crippen molar-refractivity contribution in [2.45, 2.75) is 19.9 Å². The van der Waals surface area contributed by atoms with Gasteiger partial charge in [0.2, 0.25) is 11.2 Å². The molecule has 6 heteroatoms. The van der Waals surface area contributed by atoms with E-state index in [4.69, 9.17) is 9.15 Å². The van der Waals surface area contributed by atoms with Crippen LogP contribution < -0.4 is 20.0 Å². The predicted octanol–water partition coefficient (Wildman–Crippen LogP) is 3.98. The fourth-order valence-corrected chi connectivity index (χ4v) is 4.14. The summed E-state index contributed by atoms with van der Waals surface area (Å²) in [6.45, 7) is 3.91. The molecule has 0 fully saturated rings. The van der Waals surface area contributed by atoms with Crippen LogP contribution in [0.2, 0.25) is 0 Å². The van der Waals surface area contributed by atoms with E-state index in [1.165, 1.54) is 0 Å². The van der Waals surface area contributed by atoms with Crippen LogP contribution in [-0.4, -0.2) is 13.0 Å². The van der Waals surface area contributed by atoms with E-state index in [0.29, 0.717) is 28.1 Å². The minimum Gasteiger partial charge on any atom is -0.497 e. The van der Waals surface area contributed by atoms with Crippen LogP contribution in [0.15, 0.2) is 70.0 Å². The lowest BCUT2D eigenvalue weighted by molar-refractivity contribution is -0.363. The first-order chi connectivity index (χ1) is 15.0. The lowest BCUT2D eigenvalue weighted by atomic mass is 9.97. The summed E-state index contributed by atoms with van der Waals surface area (Å²) in [5.41, 5.74) is 3.32. The molecule has 6 nitrogen and oxygen atoms in total. The number of aromatic amines is 1. The Morgan fingerprint density at radius 1 is 1.00 bits per heavy atom. The second-order valence-electron chi connectivity index (χ2n) is 7.71. The number of aryl methyl sites for hydroxylation is 2. The van der Waals surface area contributed by atoms with E-state index in [2.05, 4.69) is 4.98 Å². The van der Waals surface area contributed by atoms with Crippen molar-refractivity contribution in [1.29, 1.82) is 0 Å². The molecular formula is C25H21N2O4+. The molecule has 1 aliphatic heterocycles. The first-order valence-electron chi connectivity index (χ1n) is 10.0. The van der Waals surface area contributed by atoms with Crippen LogP contribution in [0, 0.1) is 13.8 Å². The van der Waals surface area contributed by atoms with E-state index < -0.39 is 6.04 Å². The van der Waals surface area contributed by atoms with Crippen LogP contribution in [0.4, 0.5) is 5.82 Å². The van der Waals surface area contributed by atoms with E-state index in [1.807, 2.05) is 62.4 Å². The maximum absolute atomic E-state index is 13.7. The highest BCUT2D eigenvalue weighted by atomic mass is 16.5. The largest absolute Gasteiger partial charge is 0.497 e. The van der Waals surface area contributed by atoms with E-state index in [0.717, 1.165) is 16.7 Å². The average Bonchev–Trinajstić information content (AvgIpc) is 3.08. The molecule has 0 saturated heterocycles. The zero-order valence-corrected chi connectivity index (χ0v) is 17.4. The Morgan fingerprint density at radius 2 is 1.81 bits per heavy atom. The second kappa shape index (κ2) is 7.09. The van der Waals surface area contributed by atoms with Crippen molar-refractivity contribution < 1.29 is 18.9 Å². The molecular weight excluding hydrogens is 392 g/mol. The molecule has 4 aromatic rings. The molecule has 2 aromatic carbocycles. The van der Waals surface area contributed by atoms with Gasteiger partial charge in [0.15, 0.2) is 6.04 Å². The number of pyridine rings is 1. The molecule has 2 aromatic heterocycles. The smallest absolute Gasteiger partial charge is 0.378 e. The van der Waals surface area contributed by atoms with Crippen LogP contribution in [0.3, 0.4) is 0 Å². The molecule has 1 unspecified atom stereocenters. The van der Waals surface area contributed by atoms with Crippen molar-refractivity contribution in [2.75, 3.05) is 12.0 Å². The Morgan fingerprint density at radius 3 is 2.55 bits per heavy atom. The normalized spacial score (nSPS) is 15.4. The van der Waals surface area contributed by atoms with Crippen LogP contribution in [-0.2, 0) is 0 Å². The summed E-state index contributed by atoms with van der Waals surface area (Å²) >= 11 is 0. The summed E-state index contributed by atoms with van der Waals surface area (Å²) in [6.07, 6.45) is 1.74. The standard InChI is InChI=1S/C25H20N2O4/c1-14-11-18-19(12-15(14)2)31-24-21(23(18)28)22(16-7-6-8-17(13-16)30-3)27(25(24)29)20-9-4-5-10-26-20/h4-13,22H,1-3H3/p+1.